The smallest absolute Gasteiger partial charge is 0.310 e. The molecule has 1 aromatic rings. The largest absolute Gasteiger partial charge is 0.466 e. The quantitative estimate of drug-likeness (QED) is 0.782. The minimum absolute atomic E-state index is 0.0777. The number of hydrogen-bond acceptors (Lipinski definition) is 3. The summed E-state index contributed by atoms with van der Waals surface area (Å²) in [5.74, 6) is -0.294. The average molecular weight is 324 g/mol. The lowest BCUT2D eigenvalue weighted by molar-refractivity contribution is -0.151. The molecule has 1 aliphatic heterocycles. The second kappa shape index (κ2) is 8.18. The van der Waals surface area contributed by atoms with Gasteiger partial charge >= 0.3 is 5.97 Å². The third-order valence-corrected chi connectivity index (χ3v) is 4.33. The van der Waals surface area contributed by atoms with Crippen molar-refractivity contribution in [3.63, 3.8) is 0 Å². The molecule has 0 spiro atoms. The van der Waals surface area contributed by atoms with Crippen molar-refractivity contribution in [1.29, 1.82) is 0 Å². The number of ether oxygens (including phenoxy) is 1. The van der Waals surface area contributed by atoms with E-state index in [0.717, 1.165) is 24.9 Å². The Hall–Kier alpha value is -1.55. The molecule has 5 heteroatoms. The number of rotatable bonds is 5. The van der Waals surface area contributed by atoms with Gasteiger partial charge in [-0.05, 0) is 37.8 Å². The Kier molecular flexibility index (Phi) is 6.25. The van der Waals surface area contributed by atoms with Crippen molar-refractivity contribution in [3.8, 4) is 0 Å². The summed E-state index contributed by atoms with van der Waals surface area (Å²) in [5.41, 5.74) is 0.983. The van der Waals surface area contributed by atoms with Gasteiger partial charge in [0.2, 0.25) is 5.91 Å². The first-order valence-electron chi connectivity index (χ1n) is 7.79. The van der Waals surface area contributed by atoms with Gasteiger partial charge in [0.05, 0.1) is 12.5 Å². The van der Waals surface area contributed by atoms with Crippen LogP contribution in [0, 0.1) is 5.92 Å². The van der Waals surface area contributed by atoms with E-state index in [1.807, 2.05) is 24.3 Å². The predicted octanol–water partition coefficient (Wildman–Crippen LogP) is 3.07. The first-order valence-corrected chi connectivity index (χ1v) is 8.17. The van der Waals surface area contributed by atoms with Crippen molar-refractivity contribution >= 4 is 23.5 Å². The van der Waals surface area contributed by atoms with E-state index in [4.69, 9.17) is 16.3 Å². The Morgan fingerprint density at radius 3 is 2.86 bits per heavy atom. The number of carbonyl (C=O) groups is 2. The molecule has 0 unspecified atom stereocenters. The topological polar surface area (TPSA) is 46.6 Å². The number of piperidine rings is 1. The molecule has 120 valence electrons. The first-order chi connectivity index (χ1) is 10.6. The lowest BCUT2D eigenvalue weighted by atomic mass is 9.97. The Labute approximate surface area is 136 Å². The Balaban J connectivity index is 1.87. The summed E-state index contributed by atoms with van der Waals surface area (Å²) >= 11 is 6.11. The fraction of sp³-hybridized carbons (Fsp3) is 0.529. The summed E-state index contributed by atoms with van der Waals surface area (Å²) in [6.07, 6.45) is 2.69. The highest BCUT2D eigenvalue weighted by Gasteiger charge is 2.29. The number of carbonyl (C=O) groups excluding carboxylic acids is 2. The van der Waals surface area contributed by atoms with Gasteiger partial charge in [-0.15, -0.1) is 0 Å². The van der Waals surface area contributed by atoms with Crippen LogP contribution in [0.1, 0.15) is 31.7 Å². The summed E-state index contributed by atoms with van der Waals surface area (Å²) in [4.78, 5) is 25.9. The standard InChI is InChI=1S/C17H22ClNO3/c1-2-22-17(21)14-7-5-11-19(12-14)16(20)10-9-13-6-3-4-8-15(13)18/h3-4,6,8,14H,2,5,7,9-12H2,1H3/t14-/m1/s1. The summed E-state index contributed by atoms with van der Waals surface area (Å²) in [5, 5.41) is 0.693. The van der Waals surface area contributed by atoms with Crippen LogP contribution in [-0.2, 0) is 20.7 Å². The number of esters is 1. The van der Waals surface area contributed by atoms with Crippen molar-refractivity contribution in [2.75, 3.05) is 19.7 Å². The second-order valence-electron chi connectivity index (χ2n) is 5.52. The lowest BCUT2D eigenvalue weighted by Crippen LogP contribution is -2.42. The number of nitrogens with zero attached hydrogens (tertiary/aromatic N) is 1. The molecule has 1 fully saturated rings. The van der Waals surface area contributed by atoms with Crippen LogP contribution < -0.4 is 0 Å². The Morgan fingerprint density at radius 2 is 2.14 bits per heavy atom. The average Bonchev–Trinajstić information content (AvgIpc) is 2.54. The van der Waals surface area contributed by atoms with Gasteiger partial charge in [-0.1, -0.05) is 29.8 Å². The molecule has 0 bridgehead atoms. The van der Waals surface area contributed by atoms with Gasteiger partial charge in [0, 0.05) is 24.5 Å². The second-order valence-corrected chi connectivity index (χ2v) is 5.93. The molecular formula is C17H22ClNO3. The highest BCUT2D eigenvalue weighted by atomic mass is 35.5. The van der Waals surface area contributed by atoms with Crippen molar-refractivity contribution in [2.24, 2.45) is 5.92 Å². The van der Waals surface area contributed by atoms with E-state index < -0.39 is 0 Å². The zero-order valence-electron chi connectivity index (χ0n) is 12.9. The zero-order valence-corrected chi connectivity index (χ0v) is 13.6. The number of amides is 1. The number of halogens is 1. The lowest BCUT2D eigenvalue weighted by Gasteiger charge is -2.31. The molecule has 0 aliphatic carbocycles. The van der Waals surface area contributed by atoms with Crippen molar-refractivity contribution in [1.82, 2.24) is 4.90 Å². The van der Waals surface area contributed by atoms with E-state index >= 15 is 0 Å². The molecular weight excluding hydrogens is 302 g/mol. The van der Waals surface area contributed by atoms with Gasteiger partial charge < -0.3 is 9.64 Å². The number of likely N-dealkylation sites (tertiary alicyclic amines) is 1. The van der Waals surface area contributed by atoms with Crippen LogP contribution in [0.3, 0.4) is 0 Å². The maximum Gasteiger partial charge on any atom is 0.310 e. The fourth-order valence-electron chi connectivity index (χ4n) is 2.76. The summed E-state index contributed by atoms with van der Waals surface area (Å²) in [6, 6.07) is 7.57. The molecule has 0 N–H and O–H groups in total. The minimum atomic E-state index is -0.189. The van der Waals surface area contributed by atoms with Crippen LogP contribution in [-0.4, -0.2) is 36.5 Å². The minimum Gasteiger partial charge on any atom is -0.466 e. The molecule has 2 rings (SSSR count). The van der Waals surface area contributed by atoms with Gasteiger partial charge in [-0.2, -0.15) is 0 Å². The van der Waals surface area contributed by atoms with Gasteiger partial charge in [-0.3, -0.25) is 9.59 Å². The van der Waals surface area contributed by atoms with Gasteiger partial charge in [0.15, 0.2) is 0 Å². The van der Waals surface area contributed by atoms with E-state index in [-0.39, 0.29) is 17.8 Å². The monoisotopic (exact) mass is 323 g/mol. The Morgan fingerprint density at radius 1 is 1.36 bits per heavy atom. The maximum absolute atomic E-state index is 12.3. The van der Waals surface area contributed by atoms with E-state index in [1.54, 1.807) is 11.8 Å². The summed E-state index contributed by atoms with van der Waals surface area (Å²) in [6.45, 7) is 3.38. The van der Waals surface area contributed by atoms with Crippen molar-refractivity contribution in [3.05, 3.63) is 34.9 Å². The number of hydrogen-bond donors (Lipinski definition) is 0. The molecule has 22 heavy (non-hydrogen) atoms. The van der Waals surface area contributed by atoms with Crippen LogP contribution in [0.4, 0.5) is 0 Å². The van der Waals surface area contributed by atoms with Crippen LogP contribution in [0.15, 0.2) is 24.3 Å². The van der Waals surface area contributed by atoms with Crippen LogP contribution in [0.25, 0.3) is 0 Å². The molecule has 0 saturated carbocycles. The Bertz CT molecular complexity index is 532. The van der Waals surface area contributed by atoms with Crippen LogP contribution in [0.5, 0.6) is 0 Å². The SMILES string of the molecule is CCOC(=O)[C@@H]1CCCN(C(=O)CCc2ccccc2Cl)C1. The molecule has 1 aliphatic rings. The number of aryl methyl sites for hydroxylation is 1. The third kappa shape index (κ3) is 4.47. The van der Waals surface area contributed by atoms with E-state index in [2.05, 4.69) is 0 Å². The third-order valence-electron chi connectivity index (χ3n) is 3.96. The van der Waals surface area contributed by atoms with E-state index in [1.165, 1.54) is 0 Å². The van der Waals surface area contributed by atoms with Crippen molar-refractivity contribution in [2.45, 2.75) is 32.6 Å². The predicted molar refractivity (Wildman–Crippen MR) is 85.7 cm³/mol. The van der Waals surface area contributed by atoms with Crippen molar-refractivity contribution < 1.29 is 14.3 Å². The molecule has 1 atom stereocenters. The molecule has 0 aromatic heterocycles. The maximum atomic E-state index is 12.3. The summed E-state index contributed by atoms with van der Waals surface area (Å²) < 4.78 is 5.06. The molecule has 1 heterocycles. The zero-order chi connectivity index (χ0) is 15.9. The van der Waals surface area contributed by atoms with Gasteiger partial charge in [-0.25, -0.2) is 0 Å². The highest BCUT2D eigenvalue weighted by molar-refractivity contribution is 6.31. The van der Waals surface area contributed by atoms with E-state index in [0.29, 0.717) is 31.0 Å². The molecule has 1 amide bonds. The molecule has 0 radical (unpaired) electrons. The van der Waals surface area contributed by atoms with E-state index in [9.17, 15) is 9.59 Å². The highest BCUT2D eigenvalue weighted by Crippen LogP contribution is 2.20. The van der Waals surface area contributed by atoms with Gasteiger partial charge in [0.25, 0.3) is 0 Å². The normalized spacial score (nSPS) is 18.1. The molecule has 1 saturated heterocycles. The first kappa shape index (κ1) is 16.8. The van der Waals surface area contributed by atoms with Gasteiger partial charge in [0.1, 0.15) is 0 Å². The summed E-state index contributed by atoms with van der Waals surface area (Å²) in [7, 11) is 0. The molecule has 1 aromatic carbocycles. The number of benzene rings is 1. The van der Waals surface area contributed by atoms with Crippen LogP contribution >= 0.6 is 11.6 Å². The fourth-order valence-corrected chi connectivity index (χ4v) is 2.99. The van der Waals surface area contributed by atoms with Crippen LogP contribution in [0.2, 0.25) is 5.02 Å². The molecule has 4 nitrogen and oxygen atoms in total.